The van der Waals surface area contributed by atoms with Crippen molar-refractivity contribution in [2.45, 2.75) is 61.4 Å². The normalized spacial score (nSPS) is 42.1. The number of amides is 2. The molecule has 0 aromatic carbocycles. The lowest BCUT2D eigenvalue weighted by molar-refractivity contribution is -0.280. The average Bonchev–Trinajstić information content (AvgIpc) is 2.72. The highest BCUT2D eigenvalue weighted by atomic mass is 16.6. The van der Waals surface area contributed by atoms with Crippen LogP contribution in [0, 0.1) is 0 Å². The minimum Gasteiger partial charge on any atom is -0.388 e. The molecule has 0 spiro atoms. The standard InChI is InChI=1S/C16H26N2O12/c19-7(17-3-5-9(21)11(23)13(25)15(27)29-5)1-2-8(20)18-4-6-10(22)12(24)14(26)16(28)30-6/h1-2,5-6,9-16,21-28H,3-4H2,(H,17,19)(H,18,20). The lowest BCUT2D eigenvalue weighted by Gasteiger charge is -2.38. The second kappa shape index (κ2) is 10.5. The van der Waals surface area contributed by atoms with E-state index >= 15 is 0 Å². The predicted octanol–water partition coefficient (Wildman–Crippen LogP) is -6.63. The molecule has 2 rings (SSSR count). The maximum absolute atomic E-state index is 11.8. The highest BCUT2D eigenvalue weighted by Crippen LogP contribution is 2.20. The maximum atomic E-state index is 11.8. The maximum Gasteiger partial charge on any atom is 0.244 e. The Hall–Kier alpha value is -1.72. The Morgan fingerprint density at radius 1 is 0.600 bits per heavy atom. The summed E-state index contributed by atoms with van der Waals surface area (Å²) in [7, 11) is 0. The summed E-state index contributed by atoms with van der Waals surface area (Å²) in [5, 5.41) is 80.8. The summed E-state index contributed by atoms with van der Waals surface area (Å²) in [5.41, 5.74) is 0. The van der Waals surface area contributed by atoms with E-state index in [4.69, 9.17) is 9.47 Å². The number of rotatable bonds is 6. The zero-order chi connectivity index (χ0) is 22.6. The molecule has 0 saturated carbocycles. The van der Waals surface area contributed by atoms with Gasteiger partial charge in [-0.1, -0.05) is 0 Å². The monoisotopic (exact) mass is 438 g/mol. The SMILES string of the molecule is O=C(C=CC(=O)NCC1OC(O)C(O)C(O)C1O)NCC1OC(O)C(O)C(O)C1O. The fourth-order valence-corrected chi connectivity index (χ4v) is 2.87. The van der Waals surface area contributed by atoms with E-state index in [1.165, 1.54) is 0 Å². The third kappa shape index (κ3) is 5.92. The smallest absolute Gasteiger partial charge is 0.244 e. The minimum absolute atomic E-state index is 0.340. The second-order valence-electron chi connectivity index (χ2n) is 6.90. The molecule has 2 aliphatic heterocycles. The fourth-order valence-electron chi connectivity index (χ4n) is 2.87. The van der Waals surface area contributed by atoms with Crippen molar-refractivity contribution in [3.8, 4) is 0 Å². The van der Waals surface area contributed by atoms with Gasteiger partial charge in [-0.25, -0.2) is 0 Å². The molecule has 0 aromatic rings. The molecule has 2 aliphatic rings. The van der Waals surface area contributed by atoms with E-state index < -0.39 is 73.2 Å². The molecule has 2 heterocycles. The van der Waals surface area contributed by atoms with Crippen molar-refractivity contribution < 1.29 is 59.9 Å². The van der Waals surface area contributed by atoms with Crippen LogP contribution in [0.25, 0.3) is 0 Å². The Bertz CT molecular complexity index is 581. The summed E-state index contributed by atoms with van der Waals surface area (Å²) < 4.78 is 9.76. The molecule has 0 aliphatic carbocycles. The quantitative estimate of drug-likeness (QED) is 0.174. The van der Waals surface area contributed by atoms with Crippen molar-refractivity contribution in [3.05, 3.63) is 12.2 Å². The number of hydrogen-bond acceptors (Lipinski definition) is 12. The molecule has 14 nitrogen and oxygen atoms in total. The van der Waals surface area contributed by atoms with Crippen LogP contribution in [0.1, 0.15) is 0 Å². The van der Waals surface area contributed by atoms with Crippen molar-refractivity contribution in [3.63, 3.8) is 0 Å². The number of aliphatic hydroxyl groups excluding tert-OH is 8. The number of carbonyl (C=O) groups is 2. The predicted molar refractivity (Wildman–Crippen MR) is 93.0 cm³/mol. The number of carbonyl (C=O) groups excluding carboxylic acids is 2. The first kappa shape index (κ1) is 24.5. The van der Waals surface area contributed by atoms with Crippen molar-refractivity contribution >= 4 is 11.8 Å². The van der Waals surface area contributed by atoms with Gasteiger partial charge in [0.1, 0.15) is 48.8 Å². The Morgan fingerprint density at radius 3 is 1.27 bits per heavy atom. The van der Waals surface area contributed by atoms with E-state index in [-0.39, 0.29) is 13.1 Å². The molecule has 2 amide bonds. The van der Waals surface area contributed by atoms with E-state index in [0.29, 0.717) is 0 Å². The van der Waals surface area contributed by atoms with Gasteiger partial charge < -0.3 is 61.0 Å². The molecule has 10 unspecified atom stereocenters. The first-order valence-corrected chi connectivity index (χ1v) is 9.02. The highest BCUT2D eigenvalue weighted by molar-refractivity contribution is 5.96. The van der Waals surface area contributed by atoms with Crippen LogP contribution < -0.4 is 10.6 Å². The first-order chi connectivity index (χ1) is 14.0. The summed E-state index contributed by atoms with van der Waals surface area (Å²) >= 11 is 0. The van der Waals surface area contributed by atoms with Gasteiger partial charge in [-0.15, -0.1) is 0 Å². The zero-order valence-electron chi connectivity index (χ0n) is 15.6. The topological polar surface area (TPSA) is 238 Å². The average molecular weight is 438 g/mol. The first-order valence-electron chi connectivity index (χ1n) is 9.02. The largest absolute Gasteiger partial charge is 0.388 e. The van der Waals surface area contributed by atoms with Gasteiger partial charge in [-0.3, -0.25) is 9.59 Å². The van der Waals surface area contributed by atoms with E-state index in [9.17, 15) is 50.4 Å². The fraction of sp³-hybridized carbons (Fsp3) is 0.750. The van der Waals surface area contributed by atoms with Gasteiger partial charge in [0.2, 0.25) is 11.8 Å². The zero-order valence-corrected chi connectivity index (χ0v) is 15.6. The van der Waals surface area contributed by atoms with Gasteiger partial charge in [0.25, 0.3) is 0 Å². The van der Waals surface area contributed by atoms with Gasteiger partial charge in [-0.2, -0.15) is 0 Å². The van der Waals surface area contributed by atoms with Crippen LogP contribution in [-0.4, -0.2) is 127 Å². The van der Waals surface area contributed by atoms with Crippen molar-refractivity contribution in [2.24, 2.45) is 0 Å². The molecule has 30 heavy (non-hydrogen) atoms. The van der Waals surface area contributed by atoms with Crippen LogP contribution >= 0.6 is 0 Å². The second-order valence-corrected chi connectivity index (χ2v) is 6.90. The third-order valence-electron chi connectivity index (χ3n) is 4.72. The summed E-state index contributed by atoms with van der Waals surface area (Å²) in [6.45, 7) is -0.681. The number of ether oxygens (including phenoxy) is 2. The Morgan fingerprint density at radius 2 is 0.933 bits per heavy atom. The molecule has 0 aromatic heterocycles. The van der Waals surface area contributed by atoms with Gasteiger partial charge >= 0.3 is 0 Å². The molecule has 2 fully saturated rings. The van der Waals surface area contributed by atoms with Crippen molar-refractivity contribution in [2.75, 3.05) is 13.1 Å². The van der Waals surface area contributed by atoms with Crippen molar-refractivity contribution in [1.29, 1.82) is 0 Å². The molecule has 172 valence electrons. The van der Waals surface area contributed by atoms with Crippen LogP contribution in [0.5, 0.6) is 0 Å². The minimum atomic E-state index is -1.75. The van der Waals surface area contributed by atoms with E-state index in [0.717, 1.165) is 12.2 Å². The van der Waals surface area contributed by atoms with E-state index in [1.807, 2.05) is 0 Å². The Labute approximate surface area is 170 Å². The molecular weight excluding hydrogens is 412 g/mol. The number of aliphatic hydroxyl groups is 8. The number of nitrogens with one attached hydrogen (secondary N) is 2. The molecule has 10 atom stereocenters. The lowest BCUT2D eigenvalue weighted by Crippen LogP contribution is -2.60. The van der Waals surface area contributed by atoms with Gasteiger partial charge in [0.15, 0.2) is 12.6 Å². The van der Waals surface area contributed by atoms with E-state index in [1.54, 1.807) is 0 Å². The van der Waals surface area contributed by atoms with Crippen LogP contribution in [-0.2, 0) is 19.1 Å². The van der Waals surface area contributed by atoms with Crippen LogP contribution in [0.3, 0.4) is 0 Å². The van der Waals surface area contributed by atoms with Gasteiger partial charge in [0.05, 0.1) is 0 Å². The summed E-state index contributed by atoms with van der Waals surface area (Å²) in [5.74, 6) is -1.56. The van der Waals surface area contributed by atoms with E-state index in [2.05, 4.69) is 10.6 Å². The molecule has 2 saturated heterocycles. The van der Waals surface area contributed by atoms with Crippen LogP contribution in [0.4, 0.5) is 0 Å². The van der Waals surface area contributed by atoms with Crippen LogP contribution in [0.15, 0.2) is 12.2 Å². The van der Waals surface area contributed by atoms with Gasteiger partial charge in [0, 0.05) is 25.2 Å². The highest BCUT2D eigenvalue weighted by Gasteiger charge is 2.43. The summed E-state index contributed by atoms with van der Waals surface area (Å²) in [6.07, 6.45) is -14.1. The Balaban J connectivity index is 1.75. The van der Waals surface area contributed by atoms with Gasteiger partial charge in [-0.05, 0) is 0 Å². The third-order valence-corrected chi connectivity index (χ3v) is 4.72. The van der Waals surface area contributed by atoms with Crippen molar-refractivity contribution in [1.82, 2.24) is 10.6 Å². The summed E-state index contributed by atoms with van der Waals surface area (Å²) in [4.78, 5) is 23.5. The van der Waals surface area contributed by atoms with Crippen LogP contribution in [0.2, 0.25) is 0 Å². The molecule has 0 radical (unpaired) electrons. The molecular formula is C16H26N2O12. The summed E-state index contributed by atoms with van der Waals surface area (Å²) in [6, 6.07) is 0. The molecule has 10 N–H and O–H groups in total. The lowest BCUT2D eigenvalue weighted by atomic mass is 9.99. The molecule has 14 heteroatoms. The molecule has 0 bridgehead atoms. The Kier molecular flexibility index (Phi) is 8.62. The number of hydrogen-bond donors (Lipinski definition) is 10.